The van der Waals surface area contributed by atoms with Gasteiger partial charge < -0.3 is 4.74 Å². The van der Waals surface area contributed by atoms with Crippen LogP contribution in [0.25, 0.3) is 0 Å². The highest BCUT2D eigenvalue weighted by Crippen LogP contribution is 2.26. The normalized spacial score (nSPS) is 18.6. The number of aromatic nitrogens is 1. The molecule has 0 amide bonds. The second kappa shape index (κ2) is 5.83. The van der Waals surface area contributed by atoms with Crippen LogP contribution in [-0.4, -0.2) is 44.0 Å². The van der Waals surface area contributed by atoms with Gasteiger partial charge >= 0.3 is 0 Å². The minimum Gasteiger partial charge on any atom is -0.380 e. The van der Waals surface area contributed by atoms with Gasteiger partial charge in [-0.05, 0) is 28.4 Å². The molecule has 1 aromatic heterocycles. The van der Waals surface area contributed by atoms with Gasteiger partial charge in [0, 0.05) is 30.4 Å². The maximum Gasteiger partial charge on any atom is 0.246 e. The van der Waals surface area contributed by atoms with Crippen LogP contribution in [0.1, 0.15) is 6.42 Å². The molecule has 1 fully saturated rings. The molecule has 0 N–H and O–H groups in total. The number of pyridine rings is 1. The number of hydrogen-bond acceptors (Lipinski definition) is 4. The summed E-state index contributed by atoms with van der Waals surface area (Å²) in [6, 6.07) is 1.47. The Morgan fingerprint density at radius 2 is 2.17 bits per heavy atom. The average molecular weight is 356 g/mol. The SMILES string of the molecule is O=S(=O)(c1cc(Br)cnc1Cl)N1CCCOCC1. The van der Waals surface area contributed by atoms with E-state index in [9.17, 15) is 8.42 Å². The fourth-order valence-electron chi connectivity index (χ4n) is 1.69. The fraction of sp³-hybridized carbons (Fsp3) is 0.500. The summed E-state index contributed by atoms with van der Waals surface area (Å²) in [6.45, 7) is 1.76. The van der Waals surface area contributed by atoms with Crippen molar-refractivity contribution in [1.29, 1.82) is 0 Å². The summed E-state index contributed by atoms with van der Waals surface area (Å²) in [5.74, 6) is 0. The van der Waals surface area contributed by atoms with Crippen molar-refractivity contribution in [1.82, 2.24) is 9.29 Å². The lowest BCUT2D eigenvalue weighted by Gasteiger charge is -2.19. The first-order chi connectivity index (χ1) is 8.51. The van der Waals surface area contributed by atoms with Crippen LogP contribution in [0.2, 0.25) is 5.15 Å². The predicted molar refractivity (Wildman–Crippen MR) is 71.1 cm³/mol. The highest BCUT2D eigenvalue weighted by atomic mass is 79.9. The molecule has 1 aromatic rings. The fourth-order valence-corrected chi connectivity index (χ4v) is 4.07. The molecule has 0 saturated carbocycles. The molecule has 0 unspecified atom stereocenters. The number of sulfonamides is 1. The highest BCUT2D eigenvalue weighted by molar-refractivity contribution is 9.10. The second-order valence-corrected chi connectivity index (χ2v) is 6.99. The molecular formula is C10H12BrClN2O3S. The summed E-state index contributed by atoms with van der Waals surface area (Å²) in [7, 11) is -3.61. The lowest BCUT2D eigenvalue weighted by molar-refractivity contribution is 0.148. The van der Waals surface area contributed by atoms with Crippen molar-refractivity contribution in [3.8, 4) is 0 Å². The van der Waals surface area contributed by atoms with E-state index >= 15 is 0 Å². The molecule has 5 nitrogen and oxygen atoms in total. The zero-order valence-electron chi connectivity index (χ0n) is 9.47. The van der Waals surface area contributed by atoms with Crippen molar-refractivity contribution in [2.45, 2.75) is 11.3 Å². The first kappa shape index (κ1) is 14.2. The number of nitrogens with zero attached hydrogens (tertiary/aromatic N) is 2. The molecule has 0 atom stereocenters. The van der Waals surface area contributed by atoms with Crippen LogP contribution in [0.3, 0.4) is 0 Å². The Morgan fingerprint density at radius 3 is 2.94 bits per heavy atom. The Kier molecular flexibility index (Phi) is 4.60. The Hall–Kier alpha value is -0.210. The zero-order chi connectivity index (χ0) is 13.2. The maximum atomic E-state index is 12.4. The number of rotatable bonds is 2. The summed E-state index contributed by atoms with van der Waals surface area (Å²) < 4.78 is 32.1. The summed E-state index contributed by atoms with van der Waals surface area (Å²) in [4.78, 5) is 3.87. The number of hydrogen-bond donors (Lipinski definition) is 0. The summed E-state index contributed by atoms with van der Waals surface area (Å²) in [5, 5.41) is -0.0108. The summed E-state index contributed by atoms with van der Waals surface area (Å²) in [5.41, 5.74) is 0. The highest BCUT2D eigenvalue weighted by Gasteiger charge is 2.28. The van der Waals surface area contributed by atoms with Gasteiger partial charge in [0.15, 0.2) is 0 Å². The van der Waals surface area contributed by atoms with Crippen molar-refractivity contribution in [3.63, 3.8) is 0 Å². The maximum absolute atomic E-state index is 12.4. The van der Waals surface area contributed by atoms with Crippen LogP contribution in [0.15, 0.2) is 21.6 Å². The van der Waals surface area contributed by atoms with E-state index < -0.39 is 10.0 Å². The zero-order valence-corrected chi connectivity index (χ0v) is 12.6. The molecular weight excluding hydrogens is 344 g/mol. The van der Waals surface area contributed by atoms with Crippen LogP contribution in [0, 0.1) is 0 Å². The molecule has 2 rings (SSSR count). The third kappa shape index (κ3) is 3.03. The second-order valence-electron chi connectivity index (χ2n) is 3.81. The third-order valence-electron chi connectivity index (χ3n) is 2.57. The molecule has 1 aliphatic heterocycles. The van der Waals surface area contributed by atoms with E-state index in [0.717, 1.165) is 0 Å². The van der Waals surface area contributed by atoms with E-state index in [1.807, 2.05) is 0 Å². The molecule has 2 heterocycles. The van der Waals surface area contributed by atoms with Crippen LogP contribution < -0.4 is 0 Å². The van der Waals surface area contributed by atoms with Gasteiger partial charge in [0.05, 0.1) is 6.61 Å². The molecule has 18 heavy (non-hydrogen) atoms. The molecule has 1 saturated heterocycles. The molecule has 1 aliphatic rings. The topological polar surface area (TPSA) is 59.5 Å². The van der Waals surface area contributed by atoms with Crippen molar-refractivity contribution >= 4 is 37.6 Å². The Morgan fingerprint density at radius 1 is 1.39 bits per heavy atom. The molecule has 100 valence electrons. The van der Waals surface area contributed by atoms with Crippen molar-refractivity contribution in [2.75, 3.05) is 26.3 Å². The third-order valence-corrected chi connectivity index (χ3v) is 5.33. The van der Waals surface area contributed by atoms with Crippen molar-refractivity contribution in [2.24, 2.45) is 0 Å². The minimum absolute atomic E-state index is 0.0108. The van der Waals surface area contributed by atoms with Gasteiger partial charge in [-0.3, -0.25) is 0 Å². The minimum atomic E-state index is -3.61. The number of halogens is 2. The van der Waals surface area contributed by atoms with E-state index in [1.165, 1.54) is 16.6 Å². The predicted octanol–water partition coefficient (Wildman–Crippen LogP) is 1.91. The summed E-state index contributed by atoms with van der Waals surface area (Å²) >= 11 is 9.07. The molecule has 0 aliphatic carbocycles. The van der Waals surface area contributed by atoms with Crippen molar-refractivity contribution in [3.05, 3.63) is 21.9 Å². The van der Waals surface area contributed by atoms with Gasteiger partial charge in [-0.25, -0.2) is 13.4 Å². The standard InChI is InChI=1S/C10H12BrClN2O3S/c11-8-6-9(10(12)13-7-8)18(15,16)14-2-1-4-17-5-3-14/h6-7H,1-5H2. The quantitative estimate of drug-likeness (QED) is 0.760. The van der Waals surface area contributed by atoms with Crippen LogP contribution in [0.4, 0.5) is 0 Å². The molecule has 0 spiro atoms. The van der Waals surface area contributed by atoms with Crippen LogP contribution in [-0.2, 0) is 14.8 Å². The molecule has 0 radical (unpaired) electrons. The van der Waals surface area contributed by atoms with E-state index in [4.69, 9.17) is 16.3 Å². The molecule has 8 heteroatoms. The summed E-state index contributed by atoms with van der Waals surface area (Å²) in [6.07, 6.45) is 2.14. The first-order valence-electron chi connectivity index (χ1n) is 5.41. The first-order valence-corrected chi connectivity index (χ1v) is 8.02. The molecule has 0 aromatic carbocycles. The molecule has 0 bridgehead atoms. The number of ether oxygens (including phenoxy) is 1. The van der Waals surface area contributed by atoms with Gasteiger partial charge in [-0.2, -0.15) is 4.31 Å². The van der Waals surface area contributed by atoms with Gasteiger partial charge in [0.2, 0.25) is 10.0 Å². The Labute approximate surface area is 119 Å². The monoisotopic (exact) mass is 354 g/mol. The van der Waals surface area contributed by atoms with E-state index in [1.54, 1.807) is 0 Å². The Balaban J connectivity index is 2.37. The van der Waals surface area contributed by atoms with Gasteiger partial charge in [-0.1, -0.05) is 11.6 Å². The lowest BCUT2D eigenvalue weighted by atomic mass is 10.5. The largest absolute Gasteiger partial charge is 0.380 e. The van der Waals surface area contributed by atoms with Crippen molar-refractivity contribution < 1.29 is 13.2 Å². The van der Waals surface area contributed by atoms with E-state index in [2.05, 4.69) is 20.9 Å². The van der Waals surface area contributed by atoms with Crippen LogP contribution >= 0.6 is 27.5 Å². The lowest BCUT2D eigenvalue weighted by Crippen LogP contribution is -2.33. The Bertz CT molecular complexity index is 530. The van der Waals surface area contributed by atoms with Crippen LogP contribution in [0.5, 0.6) is 0 Å². The smallest absolute Gasteiger partial charge is 0.246 e. The van der Waals surface area contributed by atoms with Gasteiger partial charge in [0.25, 0.3) is 0 Å². The average Bonchev–Trinajstić information content (AvgIpc) is 2.61. The van der Waals surface area contributed by atoms with Gasteiger partial charge in [-0.15, -0.1) is 0 Å². The van der Waals surface area contributed by atoms with E-state index in [0.29, 0.717) is 37.2 Å². The van der Waals surface area contributed by atoms with E-state index in [-0.39, 0.29) is 10.0 Å². The van der Waals surface area contributed by atoms with Gasteiger partial charge in [0.1, 0.15) is 10.0 Å².